The predicted octanol–water partition coefficient (Wildman–Crippen LogP) is 2.38. The number of nitrogen functional groups attached to an aromatic ring is 1. The summed E-state index contributed by atoms with van der Waals surface area (Å²) in [6, 6.07) is 6.23. The van der Waals surface area contributed by atoms with Crippen LogP contribution in [0.25, 0.3) is 0 Å². The van der Waals surface area contributed by atoms with E-state index in [4.69, 9.17) is 11.5 Å². The molecule has 1 atom stereocenters. The molecule has 0 aliphatic heterocycles. The third-order valence-electron chi connectivity index (χ3n) is 2.93. The number of hydrogen-bond acceptors (Lipinski definition) is 2. The SMILES string of the molecule is Cc1ccc(N)c(C(N)CC2CC2)c1. The normalized spacial score (nSPS) is 18.1. The van der Waals surface area contributed by atoms with Gasteiger partial charge in [0.15, 0.2) is 0 Å². The topological polar surface area (TPSA) is 52.0 Å². The van der Waals surface area contributed by atoms with Crippen molar-refractivity contribution < 1.29 is 0 Å². The fourth-order valence-electron chi connectivity index (χ4n) is 1.85. The van der Waals surface area contributed by atoms with E-state index in [-0.39, 0.29) is 6.04 Å². The lowest BCUT2D eigenvalue weighted by Crippen LogP contribution is -2.13. The summed E-state index contributed by atoms with van der Waals surface area (Å²) in [6.07, 6.45) is 3.78. The van der Waals surface area contributed by atoms with Gasteiger partial charge in [0.2, 0.25) is 0 Å². The van der Waals surface area contributed by atoms with Crippen LogP contribution in [0.5, 0.6) is 0 Å². The number of aryl methyl sites for hydroxylation is 1. The van der Waals surface area contributed by atoms with Gasteiger partial charge in [0, 0.05) is 11.7 Å². The van der Waals surface area contributed by atoms with Crippen molar-refractivity contribution >= 4 is 5.69 Å². The molecule has 14 heavy (non-hydrogen) atoms. The molecule has 2 nitrogen and oxygen atoms in total. The van der Waals surface area contributed by atoms with Gasteiger partial charge in [0.1, 0.15) is 0 Å². The van der Waals surface area contributed by atoms with Crippen molar-refractivity contribution in [2.24, 2.45) is 11.7 Å². The minimum absolute atomic E-state index is 0.127. The molecule has 1 fully saturated rings. The second kappa shape index (κ2) is 3.62. The first-order chi connectivity index (χ1) is 6.66. The first-order valence-electron chi connectivity index (χ1n) is 5.28. The Balaban J connectivity index is 2.15. The molecule has 0 saturated heterocycles. The Morgan fingerprint density at radius 2 is 2.14 bits per heavy atom. The summed E-state index contributed by atoms with van der Waals surface area (Å²) in [4.78, 5) is 0. The Kier molecular flexibility index (Phi) is 2.46. The molecule has 1 aromatic carbocycles. The summed E-state index contributed by atoms with van der Waals surface area (Å²) in [7, 11) is 0. The highest BCUT2D eigenvalue weighted by Gasteiger charge is 2.25. The molecule has 2 rings (SSSR count). The van der Waals surface area contributed by atoms with Gasteiger partial charge >= 0.3 is 0 Å². The molecule has 2 heteroatoms. The molecular formula is C12H18N2. The van der Waals surface area contributed by atoms with Gasteiger partial charge in [-0.05, 0) is 30.9 Å². The van der Waals surface area contributed by atoms with Crippen molar-refractivity contribution in [1.29, 1.82) is 0 Å². The molecule has 0 spiro atoms. The minimum Gasteiger partial charge on any atom is -0.398 e. The zero-order valence-corrected chi connectivity index (χ0v) is 8.66. The summed E-state index contributed by atoms with van der Waals surface area (Å²) in [6.45, 7) is 2.08. The Morgan fingerprint density at radius 3 is 2.79 bits per heavy atom. The Morgan fingerprint density at radius 1 is 1.43 bits per heavy atom. The Labute approximate surface area is 85.3 Å². The number of benzene rings is 1. The van der Waals surface area contributed by atoms with Crippen molar-refractivity contribution in [2.75, 3.05) is 5.73 Å². The predicted molar refractivity (Wildman–Crippen MR) is 59.9 cm³/mol. The average Bonchev–Trinajstić information content (AvgIpc) is 2.93. The molecule has 0 amide bonds. The molecule has 1 aliphatic rings. The van der Waals surface area contributed by atoms with E-state index < -0.39 is 0 Å². The summed E-state index contributed by atoms with van der Waals surface area (Å²) >= 11 is 0. The smallest absolute Gasteiger partial charge is 0.0362 e. The van der Waals surface area contributed by atoms with E-state index in [1.807, 2.05) is 12.1 Å². The Bertz CT molecular complexity index is 329. The number of nitrogens with two attached hydrogens (primary N) is 2. The minimum atomic E-state index is 0.127. The van der Waals surface area contributed by atoms with Gasteiger partial charge in [-0.2, -0.15) is 0 Å². The average molecular weight is 190 g/mol. The van der Waals surface area contributed by atoms with Crippen LogP contribution in [0.15, 0.2) is 18.2 Å². The second-order valence-electron chi connectivity index (χ2n) is 4.42. The van der Waals surface area contributed by atoms with Crippen molar-refractivity contribution in [3.8, 4) is 0 Å². The monoisotopic (exact) mass is 190 g/mol. The second-order valence-corrected chi connectivity index (χ2v) is 4.42. The number of rotatable bonds is 3. The molecule has 1 aliphatic carbocycles. The quantitative estimate of drug-likeness (QED) is 0.719. The van der Waals surface area contributed by atoms with Crippen LogP contribution in [-0.2, 0) is 0 Å². The molecular weight excluding hydrogens is 172 g/mol. The van der Waals surface area contributed by atoms with Gasteiger partial charge in [0.05, 0.1) is 0 Å². The van der Waals surface area contributed by atoms with Gasteiger partial charge in [-0.15, -0.1) is 0 Å². The van der Waals surface area contributed by atoms with E-state index in [1.54, 1.807) is 0 Å². The fraction of sp³-hybridized carbons (Fsp3) is 0.500. The maximum Gasteiger partial charge on any atom is 0.0362 e. The van der Waals surface area contributed by atoms with Crippen molar-refractivity contribution in [3.63, 3.8) is 0 Å². The first kappa shape index (κ1) is 9.53. The fourth-order valence-corrected chi connectivity index (χ4v) is 1.85. The van der Waals surface area contributed by atoms with Crippen molar-refractivity contribution in [2.45, 2.75) is 32.2 Å². The standard InChI is InChI=1S/C12H18N2/c1-8-2-5-11(13)10(6-8)12(14)7-9-3-4-9/h2,5-6,9,12H,3-4,7,13-14H2,1H3. The van der Waals surface area contributed by atoms with E-state index in [0.29, 0.717) is 0 Å². The zero-order valence-electron chi connectivity index (χ0n) is 8.66. The van der Waals surface area contributed by atoms with E-state index in [1.165, 1.54) is 18.4 Å². The Hall–Kier alpha value is -1.02. The van der Waals surface area contributed by atoms with Crippen molar-refractivity contribution in [1.82, 2.24) is 0 Å². The molecule has 4 N–H and O–H groups in total. The van der Waals surface area contributed by atoms with Crippen LogP contribution in [0.1, 0.15) is 36.4 Å². The van der Waals surface area contributed by atoms with Gasteiger partial charge in [-0.1, -0.05) is 30.5 Å². The molecule has 0 bridgehead atoms. The lowest BCUT2D eigenvalue weighted by molar-refractivity contribution is 0.598. The van der Waals surface area contributed by atoms with E-state index in [9.17, 15) is 0 Å². The lowest BCUT2D eigenvalue weighted by Gasteiger charge is -2.14. The van der Waals surface area contributed by atoms with Gasteiger partial charge in [-0.25, -0.2) is 0 Å². The maximum atomic E-state index is 6.13. The number of hydrogen-bond donors (Lipinski definition) is 2. The highest BCUT2D eigenvalue weighted by atomic mass is 14.7. The van der Waals surface area contributed by atoms with E-state index in [0.717, 1.165) is 23.6 Å². The van der Waals surface area contributed by atoms with E-state index >= 15 is 0 Å². The van der Waals surface area contributed by atoms with Crippen LogP contribution in [0, 0.1) is 12.8 Å². The largest absolute Gasteiger partial charge is 0.398 e. The molecule has 1 unspecified atom stereocenters. The molecule has 0 aromatic heterocycles. The van der Waals surface area contributed by atoms with Crippen LogP contribution in [-0.4, -0.2) is 0 Å². The van der Waals surface area contributed by atoms with E-state index in [2.05, 4.69) is 13.0 Å². The number of anilines is 1. The first-order valence-corrected chi connectivity index (χ1v) is 5.28. The molecule has 1 saturated carbocycles. The van der Waals surface area contributed by atoms with Gasteiger partial charge < -0.3 is 11.5 Å². The van der Waals surface area contributed by atoms with Crippen molar-refractivity contribution in [3.05, 3.63) is 29.3 Å². The molecule has 76 valence electrons. The highest BCUT2D eigenvalue weighted by Crippen LogP contribution is 2.37. The van der Waals surface area contributed by atoms with Crippen LogP contribution in [0.2, 0.25) is 0 Å². The third kappa shape index (κ3) is 2.07. The highest BCUT2D eigenvalue weighted by molar-refractivity contribution is 5.50. The molecule has 0 radical (unpaired) electrons. The lowest BCUT2D eigenvalue weighted by atomic mass is 9.99. The molecule has 1 aromatic rings. The van der Waals surface area contributed by atoms with Crippen LogP contribution < -0.4 is 11.5 Å². The summed E-state index contributed by atoms with van der Waals surface area (Å²) < 4.78 is 0. The molecule has 0 heterocycles. The summed E-state index contributed by atoms with van der Waals surface area (Å²) in [5.41, 5.74) is 15.2. The summed E-state index contributed by atoms with van der Waals surface area (Å²) in [5.74, 6) is 0.852. The third-order valence-corrected chi connectivity index (χ3v) is 2.93. The summed E-state index contributed by atoms with van der Waals surface area (Å²) in [5, 5.41) is 0. The van der Waals surface area contributed by atoms with Gasteiger partial charge in [-0.3, -0.25) is 0 Å². The zero-order chi connectivity index (χ0) is 10.1. The van der Waals surface area contributed by atoms with Crippen LogP contribution >= 0.6 is 0 Å². The van der Waals surface area contributed by atoms with Crippen LogP contribution in [0.4, 0.5) is 5.69 Å². The van der Waals surface area contributed by atoms with Crippen LogP contribution in [0.3, 0.4) is 0 Å². The van der Waals surface area contributed by atoms with Gasteiger partial charge in [0.25, 0.3) is 0 Å². The maximum absolute atomic E-state index is 6.13.